The third-order valence-electron chi connectivity index (χ3n) is 6.00. The molecule has 1 saturated heterocycles. The molecule has 1 aliphatic heterocycles. The Morgan fingerprint density at radius 1 is 0.971 bits per heavy atom. The zero-order valence-corrected chi connectivity index (χ0v) is 18.9. The summed E-state index contributed by atoms with van der Waals surface area (Å²) in [5.74, 6) is -0.363. The molecule has 0 bridgehead atoms. The van der Waals surface area contributed by atoms with Crippen LogP contribution in [0.2, 0.25) is 0 Å². The Hall–Kier alpha value is -4.20. The molecule has 0 unspecified atom stereocenters. The number of aryl methyl sites for hydroxylation is 1. The minimum Gasteiger partial charge on any atom is -0.350 e. The molecule has 0 saturated carbocycles. The summed E-state index contributed by atoms with van der Waals surface area (Å²) in [6.07, 6.45) is 1.25. The Morgan fingerprint density at radius 2 is 1.65 bits per heavy atom. The van der Waals surface area contributed by atoms with E-state index in [0.29, 0.717) is 37.2 Å². The van der Waals surface area contributed by atoms with Crippen molar-refractivity contribution in [3.8, 4) is 0 Å². The lowest BCUT2D eigenvalue weighted by Crippen LogP contribution is -2.46. The lowest BCUT2D eigenvalue weighted by molar-refractivity contribution is -0.383. The summed E-state index contributed by atoms with van der Waals surface area (Å²) in [4.78, 5) is 38.4. The van der Waals surface area contributed by atoms with Crippen LogP contribution in [-0.4, -0.2) is 40.8 Å². The van der Waals surface area contributed by atoms with Crippen molar-refractivity contribution in [1.82, 2.24) is 10.2 Å². The molecule has 1 aliphatic rings. The number of anilines is 2. The number of hydrogen-bond acceptors (Lipinski definition) is 5. The normalized spacial score (nSPS) is 13.9. The van der Waals surface area contributed by atoms with Gasteiger partial charge in [-0.1, -0.05) is 36.4 Å². The fraction of sp³-hybridized carbons (Fsp3) is 0.231. The Bertz CT molecular complexity index is 1200. The fourth-order valence-electron chi connectivity index (χ4n) is 4.10. The SMILES string of the molecule is Cc1ccccc1C(=O)NC1CCN(C(=O)c2ccc(Nc3ccccc3)c([N+](=O)[O-])c2)CC1. The number of piperidine rings is 1. The Kier molecular flexibility index (Phi) is 6.87. The molecule has 0 radical (unpaired) electrons. The number of nitrogens with one attached hydrogen (secondary N) is 2. The van der Waals surface area contributed by atoms with E-state index in [-0.39, 0.29) is 29.1 Å². The van der Waals surface area contributed by atoms with E-state index in [2.05, 4.69) is 10.6 Å². The molecule has 2 N–H and O–H groups in total. The molecular weight excluding hydrogens is 432 g/mol. The van der Waals surface area contributed by atoms with E-state index in [1.807, 2.05) is 55.5 Å². The van der Waals surface area contributed by atoms with Gasteiger partial charge in [-0.3, -0.25) is 19.7 Å². The van der Waals surface area contributed by atoms with Gasteiger partial charge in [-0.05, 0) is 55.7 Å². The largest absolute Gasteiger partial charge is 0.350 e. The molecule has 3 aromatic rings. The quantitative estimate of drug-likeness (QED) is 0.412. The van der Waals surface area contributed by atoms with Gasteiger partial charge in [0.05, 0.1) is 4.92 Å². The summed E-state index contributed by atoms with van der Waals surface area (Å²) in [6, 6.07) is 21.0. The Labute approximate surface area is 197 Å². The number of para-hydroxylation sites is 1. The van der Waals surface area contributed by atoms with Crippen LogP contribution >= 0.6 is 0 Å². The number of rotatable bonds is 6. The number of nitro groups is 1. The number of likely N-dealkylation sites (tertiary alicyclic amines) is 1. The second kappa shape index (κ2) is 10.2. The van der Waals surface area contributed by atoms with Gasteiger partial charge in [-0.2, -0.15) is 0 Å². The Morgan fingerprint density at radius 3 is 2.32 bits per heavy atom. The summed E-state index contributed by atoms with van der Waals surface area (Å²) in [7, 11) is 0. The molecule has 0 aromatic heterocycles. The van der Waals surface area contributed by atoms with Gasteiger partial charge in [0.2, 0.25) is 0 Å². The predicted octanol–water partition coefficient (Wildman–Crippen LogP) is 4.68. The lowest BCUT2D eigenvalue weighted by atomic mass is 10.0. The summed E-state index contributed by atoms with van der Waals surface area (Å²) in [5, 5.41) is 17.7. The summed E-state index contributed by atoms with van der Waals surface area (Å²) in [6.45, 7) is 2.83. The number of nitro benzene ring substituents is 1. The van der Waals surface area contributed by atoms with Gasteiger partial charge in [0.25, 0.3) is 17.5 Å². The molecule has 0 spiro atoms. The first-order valence-corrected chi connectivity index (χ1v) is 11.2. The molecule has 2 amide bonds. The molecule has 3 aromatic carbocycles. The maximum atomic E-state index is 13.0. The van der Waals surface area contributed by atoms with E-state index in [1.165, 1.54) is 6.07 Å². The van der Waals surface area contributed by atoms with E-state index in [0.717, 1.165) is 11.3 Å². The van der Waals surface area contributed by atoms with Gasteiger partial charge in [0.15, 0.2) is 0 Å². The summed E-state index contributed by atoms with van der Waals surface area (Å²) < 4.78 is 0. The molecule has 4 rings (SSSR count). The molecule has 174 valence electrons. The van der Waals surface area contributed by atoms with Crippen molar-refractivity contribution in [2.24, 2.45) is 0 Å². The number of carbonyl (C=O) groups excluding carboxylic acids is 2. The van der Waals surface area contributed by atoms with Gasteiger partial charge in [-0.15, -0.1) is 0 Å². The van der Waals surface area contributed by atoms with Crippen LogP contribution in [0.1, 0.15) is 39.1 Å². The average Bonchev–Trinajstić information content (AvgIpc) is 2.85. The maximum absolute atomic E-state index is 13.0. The topological polar surface area (TPSA) is 105 Å². The summed E-state index contributed by atoms with van der Waals surface area (Å²) >= 11 is 0. The zero-order chi connectivity index (χ0) is 24.1. The van der Waals surface area contributed by atoms with Crippen LogP contribution in [0.5, 0.6) is 0 Å². The predicted molar refractivity (Wildman–Crippen MR) is 130 cm³/mol. The summed E-state index contributed by atoms with van der Waals surface area (Å²) in [5.41, 5.74) is 2.73. The molecule has 0 atom stereocenters. The number of carbonyl (C=O) groups is 2. The standard InChI is InChI=1S/C26H26N4O4/c1-18-7-5-6-10-22(18)25(31)28-21-13-15-29(16-14-21)26(32)19-11-12-23(24(17-19)30(33)34)27-20-8-3-2-4-9-20/h2-12,17,21,27H,13-16H2,1H3,(H,28,31). The highest BCUT2D eigenvalue weighted by Gasteiger charge is 2.27. The van der Waals surface area contributed by atoms with Crippen molar-refractivity contribution in [2.75, 3.05) is 18.4 Å². The molecule has 8 heteroatoms. The van der Waals surface area contributed by atoms with Crippen LogP contribution in [0.15, 0.2) is 72.8 Å². The van der Waals surface area contributed by atoms with Crippen molar-refractivity contribution in [3.63, 3.8) is 0 Å². The number of amides is 2. The van der Waals surface area contributed by atoms with Gasteiger partial charge in [-0.25, -0.2) is 0 Å². The fourth-order valence-corrected chi connectivity index (χ4v) is 4.10. The van der Waals surface area contributed by atoms with Crippen LogP contribution < -0.4 is 10.6 Å². The number of hydrogen-bond donors (Lipinski definition) is 2. The van der Waals surface area contributed by atoms with Crippen molar-refractivity contribution >= 4 is 28.9 Å². The van der Waals surface area contributed by atoms with Crippen LogP contribution in [0.4, 0.5) is 17.1 Å². The second-order valence-corrected chi connectivity index (χ2v) is 8.33. The van der Waals surface area contributed by atoms with Gasteiger partial charge < -0.3 is 15.5 Å². The average molecular weight is 459 g/mol. The van der Waals surface area contributed by atoms with Crippen molar-refractivity contribution < 1.29 is 14.5 Å². The third-order valence-corrected chi connectivity index (χ3v) is 6.00. The Balaban J connectivity index is 1.40. The minimum absolute atomic E-state index is 0.0251. The van der Waals surface area contributed by atoms with E-state index < -0.39 is 4.92 Å². The molecule has 1 heterocycles. The molecule has 0 aliphatic carbocycles. The van der Waals surface area contributed by atoms with Crippen LogP contribution in [0.3, 0.4) is 0 Å². The van der Waals surface area contributed by atoms with E-state index >= 15 is 0 Å². The first kappa shape index (κ1) is 23.0. The van der Waals surface area contributed by atoms with Crippen molar-refractivity contribution in [1.29, 1.82) is 0 Å². The maximum Gasteiger partial charge on any atom is 0.293 e. The monoisotopic (exact) mass is 458 g/mol. The molecule has 34 heavy (non-hydrogen) atoms. The highest BCUT2D eigenvalue weighted by Crippen LogP contribution is 2.29. The van der Waals surface area contributed by atoms with Gasteiger partial charge in [0, 0.05) is 42.0 Å². The molecular formula is C26H26N4O4. The van der Waals surface area contributed by atoms with Gasteiger partial charge >= 0.3 is 0 Å². The minimum atomic E-state index is -0.491. The number of nitrogens with zero attached hydrogens (tertiary/aromatic N) is 2. The van der Waals surface area contributed by atoms with Gasteiger partial charge in [0.1, 0.15) is 5.69 Å². The molecule has 1 fully saturated rings. The number of benzene rings is 3. The van der Waals surface area contributed by atoms with Crippen molar-refractivity contribution in [3.05, 3.63) is 99.6 Å². The third kappa shape index (κ3) is 5.23. The van der Waals surface area contributed by atoms with E-state index in [1.54, 1.807) is 23.1 Å². The lowest BCUT2D eigenvalue weighted by Gasteiger charge is -2.32. The highest BCUT2D eigenvalue weighted by atomic mass is 16.6. The van der Waals surface area contributed by atoms with Crippen LogP contribution in [0.25, 0.3) is 0 Å². The smallest absolute Gasteiger partial charge is 0.293 e. The van der Waals surface area contributed by atoms with Crippen molar-refractivity contribution in [2.45, 2.75) is 25.8 Å². The van der Waals surface area contributed by atoms with Crippen LogP contribution in [0, 0.1) is 17.0 Å². The van der Waals surface area contributed by atoms with E-state index in [4.69, 9.17) is 0 Å². The van der Waals surface area contributed by atoms with Crippen LogP contribution in [-0.2, 0) is 0 Å². The highest BCUT2D eigenvalue weighted by molar-refractivity contribution is 5.97. The molecule has 8 nitrogen and oxygen atoms in total. The first-order chi connectivity index (χ1) is 16.4. The van der Waals surface area contributed by atoms with E-state index in [9.17, 15) is 19.7 Å². The zero-order valence-electron chi connectivity index (χ0n) is 18.9. The first-order valence-electron chi connectivity index (χ1n) is 11.2. The second-order valence-electron chi connectivity index (χ2n) is 8.33.